The molecule has 0 radical (unpaired) electrons. The Bertz CT molecular complexity index is 557. The number of benzene rings is 1. The molecule has 0 spiro atoms. The largest absolute Gasteiger partial charge is 0.437 e. The van der Waals surface area contributed by atoms with Gasteiger partial charge in [0.2, 0.25) is 5.88 Å². The minimum Gasteiger partial charge on any atom is -0.437 e. The highest BCUT2D eigenvalue weighted by Gasteiger charge is 2.04. The van der Waals surface area contributed by atoms with Crippen LogP contribution in [0.1, 0.15) is 11.3 Å². The molecule has 0 amide bonds. The fraction of sp³-hybridized carbons (Fsp3) is 0.0833. The molecule has 0 unspecified atom stereocenters. The first-order valence-electron chi connectivity index (χ1n) is 5.02. The average molecular weight is 245 g/mol. The molecule has 0 aliphatic heterocycles. The van der Waals surface area contributed by atoms with Gasteiger partial charge in [-0.2, -0.15) is 0 Å². The summed E-state index contributed by atoms with van der Waals surface area (Å²) >= 11 is 4.83. The highest BCUT2D eigenvalue weighted by molar-refractivity contribution is 7.80. The summed E-state index contributed by atoms with van der Waals surface area (Å²) in [4.78, 5) is 8.34. The highest BCUT2D eigenvalue weighted by atomic mass is 32.1. The van der Waals surface area contributed by atoms with Gasteiger partial charge >= 0.3 is 0 Å². The minimum absolute atomic E-state index is 0.202. The molecule has 1 aromatic carbocycles. The predicted octanol–water partition coefficient (Wildman–Crippen LogP) is 2.21. The van der Waals surface area contributed by atoms with Crippen molar-refractivity contribution in [1.29, 1.82) is 0 Å². The summed E-state index contributed by atoms with van der Waals surface area (Å²) in [5.41, 5.74) is 6.95. The van der Waals surface area contributed by atoms with E-state index in [-0.39, 0.29) is 4.99 Å². The number of aryl methyl sites for hydroxylation is 1. The van der Waals surface area contributed by atoms with Gasteiger partial charge in [0.25, 0.3) is 0 Å². The Labute approximate surface area is 104 Å². The second-order valence-corrected chi connectivity index (χ2v) is 3.91. The second-order valence-electron chi connectivity index (χ2n) is 3.47. The number of rotatable bonds is 3. The van der Waals surface area contributed by atoms with Gasteiger partial charge in [0, 0.05) is 0 Å². The second kappa shape index (κ2) is 4.88. The number of nitrogens with two attached hydrogens (primary N) is 1. The molecule has 2 aromatic rings. The third-order valence-electron chi connectivity index (χ3n) is 2.17. The van der Waals surface area contributed by atoms with E-state index in [0.29, 0.717) is 11.6 Å². The number of nitrogens with zero attached hydrogens (tertiary/aromatic N) is 2. The molecule has 0 bridgehead atoms. The van der Waals surface area contributed by atoms with Gasteiger partial charge in [-0.3, -0.25) is 4.98 Å². The zero-order valence-corrected chi connectivity index (χ0v) is 10.1. The first-order valence-corrected chi connectivity index (χ1v) is 5.43. The van der Waals surface area contributed by atoms with Crippen LogP contribution < -0.4 is 10.5 Å². The van der Waals surface area contributed by atoms with Crippen LogP contribution in [0.5, 0.6) is 11.6 Å². The standard InChI is InChI=1S/C12H11N3OS/c1-8-4-2-3-5-10(8)16-11-7-14-6-9(15-11)12(13)17/h2-7H,1H3,(H2,13,17). The lowest BCUT2D eigenvalue weighted by Crippen LogP contribution is -2.12. The van der Waals surface area contributed by atoms with Crippen molar-refractivity contribution in [3.63, 3.8) is 0 Å². The molecule has 17 heavy (non-hydrogen) atoms. The van der Waals surface area contributed by atoms with Gasteiger partial charge in [-0.25, -0.2) is 4.98 Å². The van der Waals surface area contributed by atoms with E-state index in [9.17, 15) is 0 Å². The fourth-order valence-corrected chi connectivity index (χ4v) is 1.40. The normalized spacial score (nSPS) is 9.94. The molecule has 86 valence electrons. The van der Waals surface area contributed by atoms with Gasteiger partial charge in [0.15, 0.2) is 0 Å². The van der Waals surface area contributed by atoms with E-state index in [0.717, 1.165) is 11.3 Å². The van der Waals surface area contributed by atoms with E-state index < -0.39 is 0 Å². The smallest absolute Gasteiger partial charge is 0.238 e. The van der Waals surface area contributed by atoms with Crippen LogP contribution in [0.2, 0.25) is 0 Å². The molecule has 0 fully saturated rings. The van der Waals surface area contributed by atoms with E-state index in [1.807, 2.05) is 31.2 Å². The van der Waals surface area contributed by atoms with E-state index in [4.69, 9.17) is 22.7 Å². The number of hydrogen-bond donors (Lipinski definition) is 1. The van der Waals surface area contributed by atoms with Crippen molar-refractivity contribution in [3.05, 3.63) is 47.9 Å². The third-order valence-corrected chi connectivity index (χ3v) is 2.38. The van der Waals surface area contributed by atoms with Crippen molar-refractivity contribution >= 4 is 17.2 Å². The lowest BCUT2D eigenvalue weighted by molar-refractivity contribution is 0.456. The van der Waals surface area contributed by atoms with Crippen molar-refractivity contribution in [1.82, 2.24) is 9.97 Å². The summed E-state index contributed by atoms with van der Waals surface area (Å²) in [6, 6.07) is 7.66. The van der Waals surface area contributed by atoms with Crippen molar-refractivity contribution < 1.29 is 4.74 Å². The zero-order valence-electron chi connectivity index (χ0n) is 9.25. The molecule has 0 aliphatic rings. The number of hydrogen-bond acceptors (Lipinski definition) is 4. The van der Waals surface area contributed by atoms with E-state index in [2.05, 4.69) is 9.97 Å². The Morgan fingerprint density at radius 2 is 2.06 bits per heavy atom. The van der Waals surface area contributed by atoms with Gasteiger partial charge in [0.1, 0.15) is 16.4 Å². The lowest BCUT2D eigenvalue weighted by atomic mass is 10.2. The summed E-state index contributed by atoms with van der Waals surface area (Å²) in [6.07, 6.45) is 3.03. The number of para-hydroxylation sites is 1. The molecular formula is C12H11N3OS. The van der Waals surface area contributed by atoms with E-state index in [1.165, 1.54) is 12.4 Å². The summed E-state index contributed by atoms with van der Waals surface area (Å²) in [6.45, 7) is 1.96. The quantitative estimate of drug-likeness (QED) is 0.840. The van der Waals surface area contributed by atoms with Crippen molar-refractivity contribution in [2.75, 3.05) is 0 Å². The first kappa shape index (κ1) is 11.5. The molecule has 5 heteroatoms. The van der Waals surface area contributed by atoms with Gasteiger partial charge in [-0.05, 0) is 18.6 Å². The summed E-state index contributed by atoms with van der Waals surface area (Å²) < 4.78 is 5.61. The molecule has 0 saturated carbocycles. The molecule has 0 atom stereocenters. The predicted molar refractivity (Wildman–Crippen MR) is 69.2 cm³/mol. The Kier molecular flexibility index (Phi) is 3.30. The molecule has 2 N–H and O–H groups in total. The van der Waals surface area contributed by atoms with E-state index >= 15 is 0 Å². The number of thiocarbonyl (C=S) groups is 1. The lowest BCUT2D eigenvalue weighted by Gasteiger charge is -2.07. The molecule has 4 nitrogen and oxygen atoms in total. The Hall–Kier alpha value is -2.01. The Morgan fingerprint density at radius 1 is 1.29 bits per heavy atom. The van der Waals surface area contributed by atoms with Crippen molar-refractivity contribution in [2.24, 2.45) is 5.73 Å². The van der Waals surface area contributed by atoms with Gasteiger partial charge in [-0.1, -0.05) is 30.4 Å². The number of aromatic nitrogens is 2. The molecule has 1 aromatic heterocycles. The molecule has 0 aliphatic carbocycles. The molecule has 0 saturated heterocycles. The topological polar surface area (TPSA) is 61.0 Å². The molecule has 2 rings (SSSR count). The average Bonchev–Trinajstić information content (AvgIpc) is 2.32. The van der Waals surface area contributed by atoms with Crippen molar-refractivity contribution in [2.45, 2.75) is 6.92 Å². The summed E-state index contributed by atoms with van der Waals surface area (Å²) in [5, 5.41) is 0. The van der Waals surface area contributed by atoms with Crippen LogP contribution in [0.25, 0.3) is 0 Å². The van der Waals surface area contributed by atoms with Crippen molar-refractivity contribution in [3.8, 4) is 11.6 Å². The summed E-state index contributed by atoms with van der Waals surface area (Å²) in [5.74, 6) is 1.12. The molecule has 1 heterocycles. The minimum atomic E-state index is 0.202. The maximum atomic E-state index is 5.61. The van der Waals surface area contributed by atoms with Crippen LogP contribution in [-0.2, 0) is 0 Å². The summed E-state index contributed by atoms with van der Waals surface area (Å²) in [7, 11) is 0. The van der Waals surface area contributed by atoms with Crippen LogP contribution in [0.4, 0.5) is 0 Å². The van der Waals surface area contributed by atoms with Gasteiger partial charge in [0.05, 0.1) is 12.4 Å². The highest BCUT2D eigenvalue weighted by Crippen LogP contribution is 2.22. The monoisotopic (exact) mass is 245 g/mol. The SMILES string of the molecule is Cc1ccccc1Oc1cncc(C(N)=S)n1. The third kappa shape index (κ3) is 2.76. The van der Waals surface area contributed by atoms with E-state index in [1.54, 1.807) is 0 Å². The van der Waals surface area contributed by atoms with Crippen LogP contribution in [0.15, 0.2) is 36.7 Å². The van der Waals surface area contributed by atoms with Gasteiger partial charge in [-0.15, -0.1) is 0 Å². The molecular weight excluding hydrogens is 234 g/mol. The Balaban J connectivity index is 2.28. The zero-order chi connectivity index (χ0) is 12.3. The van der Waals surface area contributed by atoms with Crippen LogP contribution >= 0.6 is 12.2 Å². The first-order chi connectivity index (χ1) is 8.16. The fourth-order valence-electron chi connectivity index (χ4n) is 1.30. The van der Waals surface area contributed by atoms with Crippen LogP contribution in [0, 0.1) is 6.92 Å². The Morgan fingerprint density at radius 3 is 2.76 bits per heavy atom. The van der Waals surface area contributed by atoms with Crippen LogP contribution in [-0.4, -0.2) is 15.0 Å². The maximum absolute atomic E-state index is 5.61. The number of ether oxygens (including phenoxy) is 1. The van der Waals surface area contributed by atoms with Gasteiger partial charge < -0.3 is 10.5 Å². The van der Waals surface area contributed by atoms with Crippen LogP contribution in [0.3, 0.4) is 0 Å². The maximum Gasteiger partial charge on any atom is 0.238 e.